The van der Waals surface area contributed by atoms with Crippen molar-refractivity contribution in [2.45, 2.75) is 6.61 Å². The monoisotopic (exact) mass is 442 g/mol. The topological polar surface area (TPSA) is 50.7 Å². The van der Waals surface area contributed by atoms with E-state index in [0.29, 0.717) is 22.9 Å². The second-order valence-electron chi connectivity index (χ2n) is 5.69. The number of carbonyl (C=O) groups excluding carboxylic acids is 1. The third-order valence-corrected chi connectivity index (χ3v) is 4.41. The van der Waals surface area contributed by atoms with E-state index in [-0.39, 0.29) is 5.91 Å². The van der Waals surface area contributed by atoms with Crippen molar-refractivity contribution in [2.24, 2.45) is 5.10 Å². The van der Waals surface area contributed by atoms with Crippen LogP contribution in [0.1, 0.15) is 21.5 Å². The van der Waals surface area contributed by atoms with Crippen LogP contribution in [0.5, 0.6) is 5.75 Å². The number of amides is 1. The summed E-state index contributed by atoms with van der Waals surface area (Å²) in [6.07, 6.45) is 1.59. The van der Waals surface area contributed by atoms with Crippen LogP contribution in [0.4, 0.5) is 0 Å². The van der Waals surface area contributed by atoms with E-state index >= 15 is 0 Å². The lowest BCUT2D eigenvalue weighted by atomic mass is 10.2. The number of ether oxygens (including phenoxy) is 1. The van der Waals surface area contributed by atoms with Crippen molar-refractivity contribution >= 4 is 39.7 Å². The van der Waals surface area contributed by atoms with Crippen LogP contribution < -0.4 is 10.2 Å². The maximum atomic E-state index is 12.1. The Bertz CT molecular complexity index is 941. The van der Waals surface area contributed by atoms with Crippen molar-refractivity contribution in [3.63, 3.8) is 0 Å². The Kier molecular flexibility index (Phi) is 6.63. The molecular formula is C21H16BrClN2O2. The first-order valence-corrected chi connectivity index (χ1v) is 9.33. The van der Waals surface area contributed by atoms with Gasteiger partial charge in [0.25, 0.3) is 5.91 Å². The molecule has 1 amide bonds. The lowest BCUT2D eigenvalue weighted by Gasteiger charge is -2.07. The van der Waals surface area contributed by atoms with E-state index in [2.05, 4.69) is 26.5 Å². The first-order chi connectivity index (χ1) is 13.1. The quantitative estimate of drug-likeness (QED) is 0.407. The summed E-state index contributed by atoms with van der Waals surface area (Å²) in [7, 11) is 0. The highest BCUT2D eigenvalue weighted by Crippen LogP contribution is 2.16. The van der Waals surface area contributed by atoms with Gasteiger partial charge >= 0.3 is 0 Å². The van der Waals surface area contributed by atoms with Gasteiger partial charge in [0.15, 0.2) is 0 Å². The summed E-state index contributed by atoms with van der Waals surface area (Å²) in [4.78, 5) is 12.1. The van der Waals surface area contributed by atoms with Gasteiger partial charge in [-0.1, -0.05) is 51.8 Å². The van der Waals surface area contributed by atoms with Gasteiger partial charge in [-0.05, 0) is 59.7 Å². The lowest BCUT2D eigenvalue weighted by molar-refractivity contribution is 0.0955. The molecule has 3 aromatic carbocycles. The summed E-state index contributed by atoms with van der Waals surface area (Å²) in [6.45, 7) is 0.430. The summed E-state index contributed by atoms with van der Waals surface area (Å²) in [5.74, 6) is 0.393. The first-order valence-electron chi connectivity index (χ1n) is 8.16. The van der Waals surface area contributed by atoms with Crippen molar-refractivity contribution in [3.8, 4) is 5.75 Å². The fraction of sp³-hybridized carbons (Fsp3) is 0.0476. The number of benzene rings is 3. The molecule has 27 heavy (non-hydrogen) atoms. The van der Waals surface area contributed by atoms with Gasteiger partial charge in [0.1, 0.15) is 12.4 Å². The molecule has 0 saturated heterocycles. The minimum atomic E-state index is -0.287. The summed E-state index contributed by atoms with van der Waals surface area (Å²) < 4.78 is 6.66. The van der Waals surface area contributed by atoms with Crippen molar-refractivity contribution in [2.75, 3.05) is 0 Å². The highest BCUT2D eigenvalue weighted by molar-refractivity contribution is 9.10. The molecule has 0 heterocycles. The van der Waals surface area contributed by atoms with Crippen LogP contribution in [0.25, 0.3) is 0 Å². The fourth-order valence-electron chi connectivity index (χ4n) is 2.27. The molecule has 0 spiro atoms. The molecule has 3 rings (SSSR count). The van der Waals surface area contributed by atoms with Crippen molar-refractivity contribution in [3.05, 3.63) is 99.0 Å². The number of hydrogen-bond donors (Lipinski definition) is 1. The standard InChI is InChI=1S/C21H16BrClN2O2/c22-18-3-1-2-16(12-18)13-24-25-21(26)17-6-10-20(11-7-17)27-14-15-4-8-19(23)9-5-15/h1-13H,14H2,(H,25,26). The average molecular weight is 444 g/mol. The van der Waals surface area contributed by atoms with Gasteiger partial charge in [-0.15, -0.1) is 0 Å². The zero-order valence-corrected chi connectivity index (χ0v) is 16.6. The van der Waals surface area contributed by atoms with Gasteiger partial charge < -0.3 is 4.74 Å². The molecule has 0 saturated carbocycles. The van der Waals surface area contributed by atoms with Crippen LogP contribution in [0.3, 0.4) is 0 Å². The van der Waals surface area contributed by atoms with E-state index < -0.39 is 0 Å². The zero-order chi connectivity index (χ0) is 19.1. The molecule has 0 atom stereocenters. The Labute approximate surface area is 171 Å². The van der Waals surface area contributed by atoms with Crippen molar-refractivity contribution in [1.82, 2.24) is 5.43 Å². The van der Waals surface area contributed by atoms with E-state index in [1.807, 2.05) is 48.5 Å². The normalized spacial score (nSPS) is 10.7. The number of hydrogen-bond acceptors (Lipinski definition) is 3. The van der Waals surface area contributed by atoms with Crippen LogP contribution in [0.15, 0.2) is 82.4 Å². The Morgan fingerprint density at radius 1 is 1.07 bits per heavy atom. The number of nitrogens with zero attached hydrogens (tertiary/aromatic N) is 1. The molecule has 6 heteroatoms. The summed E-state index contributed by atoms with van der Waals surface area (Å²) in [6, 6.07) is 22.0. The maximum Gasteiger partial charge on any atom is 0.271 e. The summed E-state index contributed by atoms with van der Waals surface area (Å²) in [5.41, 5.74) is 4.91. The van der Waals surface area contributed by atoms with E-state index in [1.165, 1.54) is 0 Å². The fourth-order valence-corrected chi connectivity index (χ4v) is 2.81. The highest BCUT2D eigenvalue weighted by atomic mass is 79.9. The highest BCUT2D eigenvalue weighted by Gasteiger charge is 2.04. The van der Waals surface area contributed by atoms with Crippen molar-refractivity contribution < 1.29 is 9.53 Å². The Morgan fingerprint density at radius 2 is 1.81 bits per heavy atom. The second kappa shape index (κ2) is 9.35. The molecule has 0 aromatic heterocycles. The van der Waals surface area contributed by atoms with Crippen LogP contribution in [0, 0.1) is 0 Å². The predicted octanol–water partition coefficient (Wildman–Crippen LogP) is 5.45. The Morgan fingerprint density at radius 3 is 2.52 bits per heavy atom. The number of rotatable bonds is 6. The van der Waals surface area contributed by atoms with E-state index in [9.17, 15) is 4.79 Å². The van der Waals surface area contributed by atoms with Gasteiger partial charge in [0.2, 0.25) is 0 Å². The molecule has 0 bridgehead atoms. The van der Waals surface area contributed by atoms with Gasteiger partial charge in [0.05, 0.1) is 6.21 Å². The lowest BCUT2D eigenvalue weighted by Crippen LogP contribution is -2.17. The number of carbonyl (C=O) groups is 1. The Balaban J connectivity index is 1.53. The third kappa shape index (κ3) is 5.94. The molecule has 4 nitrogen and oxygen atoms in total. The largest absolute Gasteiger partial charge is 0.489 e. The minimum absolute atomic E-state index is 0.287. The molecule has 0 radical (unpaired) electrons. The Hall–Kier alpha value is -2.63. The van der Waals surface area contributed by atoms with Gasteiger partial charge in [-0.3, -0.25) is 4.79 Å². The number of hydrazone groups is 1. The summed E-state index contributed by atoms with van der Waals surface area (Å²) in [5, 5.41) is 4.67. The SMILES string of the molecule is O=C(NN=Cc1cccc(Br)c1)c1ccc(OCc2ccc(Cl)cc2)cc1. The molecule has 136 valence electrons. The van der Waals surface area contributed by atoms with Crippen LogP contribution in [0.2, 0.25) is 5.02 Å². The molecule has 0 aliphatic rings. The first kappa shape index (κ1) is 19.1. The molecule has 0 aliphatic heterocycles. The number of nitrogens with one attached hydrogen (secondary N) is 1. The third-order valence-electron chi connectivity index (χ3n) is 3.66. The molecule has 0 aliphatic carbocycles. The van der Waals surface area contributed by atoms with Crippen LogP contribution >= 0.6 is 27.5 Å². The van der Waals surface area contributed by atoms with Gasteiger partial charge in [0, 0.05) is 15.1 Å². The van der Waals surface area contributed by atoms with Gasteiger partial charge in [-0.25, -0.2) is 5.43 Å². The molecule has 0 unspecified atom stereocenters. The minimum Gasteiger partial charge on any atom is -0.489 e. The smallest absolute Gasteiger partial charge is 0.271 e. The molecule has 1 N–H and O–H groups in total. The van der Waals surface area contributed by atoms with Crippen LogP contribution in [-0.2, 0) is 6.61 Å². The van der Waals surface area contributed by atoms with Crippen molar-refractivity contribution in [1.29, 1.82) is 0 Å². The maximum absolute atomic E-state index is 12.1. The summed E-state index contributed by atoms with van der Waals surface area (Å²) >= 11 is 9.25. The van der Waals surface area contributed by atoms with E-state index in [0.717, 1.165) is 15.6 Å². The average Bonchev–Trinajstić information content (AvgIpc) is 2.68. The van der Waals surface area contributed by atoms with E-state index in [4.69, 9.17) is 16.3 Å². The van der Waals surface area contributed by atoms with Gasteiger partial charge in [-0.2, -0.15) is 5.10 Å². The van der Waals surface area contributed by atoms with E-state index in [1.54, 1.807) is 30.5 Å². The zero-order valence-electron chi connectivity index (χ0n) is 14.2. The molecule has 3 aromatic rings. The second-order valence-corrected chi connectivity index (χ2v) is 7.05. The number of halogens is 2. The molecule has 0 fully saturated rings. The molecular weight excluding hydrogens is 428 g/mol. The predicted molar refractivity (Wildman–Crippen MR) is 111 cm³/mol. The van der Waals surface area contributed by atoms with Crippen LogP contribution in [-0.4, -0.2) is 12.1 Å².